The van der Waals surface area contributed by atoms with Crippen molar-refractivity contribution in [3.63, 3.8) is 0 Å². The molecule has 2 nitrogen and oxygen atoms in total. The molecule has 1 rings (SSSR count). The van der Waals surface area contributed by atoms with E-state index in [1.165, 1.54) is 16.9 Å². The largest absolute Gasteiger partial charge is 0.383 e. The summed E-state index contributed by atoms with van der Waals surface area (Å²) in [5, 5.41) is 2.92. The van der Waals surface area contributed by atoms with Crippen molar-refractivity contribution in [2.45, 2.75) is 32.1 Å². The van der Waals surface area contributed by atoms with Crippen molar-refractivity contribution in [3.8, 4) is 0 Å². The minimum Gasteiger partial charge on any atom is -0.383 e. The summed E-state index contributed by atoms with van der Waals surface area (Å²) >= 11 is 3.81. The molecule has 4 heteroatoms. The first-order valence-electron chi connectivity index (χ1n) is 6.44. The number of hydrogen-bond acceptors (Lipinski definition) is 4. The first-order valence-corrected chi connectivity index (χ1v) is 8.61. The Labute approximate surface area is 120 Å². The normalized spacial score (nSPS) is 13.2. The van der Waals surface area contributed by atoms with Gasteiger partial charge in [-0.05, 0) is 43.2 Å². The molecule has 0 amide bonds. The fourth-order valence-corrected chi connectivity index (χ4v) is 3.03. The van der Waals surface area contributed by atoms with Crippen LogP contribution in [0.1, 0.15) is 23.8 Å². The number of ether oxygens (including phenoxy) is 1. The number of thioether (sulfide) groups is 1. The third kappa shape index (κ3) is 5.74. The van der Waals surface area contributed by atoms with Gasteiger partial charge in [-0.1, -0.05) is 6.92 Å². The van der Waals surface area contributed by atoms with Gasteiger partial charge in [0.1, 0.15) is 0 Å². The number of thiophene rings is 1. The van der Waals surface area contributed by atoms with E-state index >= 15 is 0 Å². The predicted molar refractivity (Wildman–Crippen MR) is 83.8 cm³/mol. The van der Waals surface area contributed by atoms with Gasteiger partial charge in [-0.25, -0.2) is 0 Å². The van der Waals surface area contributed by atoms with Crippen LogP contribution in [0.2, 0.25) is 0 Å². The Balaban J connectivity index is 2.47. The quantitative estimate of drug-likeness (QED) is 0.688. The van der Waals surface area contributed by atoms with Crippen LogP contribution in [0.5, 0.6) is 0 Å². The molecule has 0 aliphatic rings. The standard InChI is InChI=1S/C14H25NOS2/c1-12-6-10-18-14(12)11-15(8-9-16-3)7-5-13(2)17-4/h6,10,13H,5,7-9,11H2,1-4H3/t13-/m0/s1. The van der Waals surface area contributed by atoms with Crippen LogP contribution in [0.3, 0.4) is 0 Å². The fourth-order valence-electron chi connectivity index (χ4n) is 1.74. The molecule has 1 atom stereocenters. The lowest BCUT2D eigenvalue weighted by Gasteiger charge is -2.23. The monoisotopic (exact) mass is 287 g/mol. The lowest BCUT2D eigenvalue weighted by Crippen LogP contribution is -2.29. The summed E-state index contributed by atoms with van der Waals surface area (Å²) in [6.07, 6.45) is 3.43. The average molecular weight is 287 g/mol. The van der Waals surface area contributed by atoms with Gasteiger partial charge in [0.25, 0.3) is 0 Å². The number of hydrogen-bond donors (Lipinski definition) is 0. The Bertz CT molecular complexity index is 327. The van der Waals surface area contributed by atoms with E-state index in [1.807, 2.05) is 23.1 Å². The highest BCUT2D eigenvalue weighted by atomic mass is 32.2. The van der Waals surface area contributed by atoms with Crippen molar-refractivity contribution < 1.29 is 4.74 Å². The van der Waals surface area contributed by atoms with Crippen LogP contribution < -0.4 is 0 Å². The van der Waals surface area contributed by atoms with Crippen LogP contribution in [0.25, 0.3) is 0 Å². The van der Waals surface area contributed by atoms with E-state index in [4.69, 9.17) is 4.74 Å². The molecule has 1 heterocycles. The van der Waals surface area contributed by atoms with Gasteiger partial charge in [-0.15, -0.1) is 11.3 Å². The molecule has 0 fully saturated rings. The van der Waals surface area contributed by atoms with Crippen molar-refractivity contribution in [2.75, 3.05) is 33.1 Å². The highest BCUT2D eigenvalue weighted by molar-refractivity contribution is 7.99. The smallest absolute Gasteiger partial charge is 0.0589 e. The van der Waals surface area contributed by atoms with Gasteiger partial charge in [-0.3, -0.25) is 4.90 Å². The van der Waals surface area contributed by atoms with E-state index in [-0.39, 0.29) is 0 Å². The summed E-state index contributed by atoms with van der Waals surface area (Å²) < 4.78 is 5.21. The van der Waals surface area contributed by atoms with E-state index in [1.54, 1.807) is 7.11 Å². The first kappa shape index (κ1) is 16.0. The second-order valence-electron chi connectivity index (χ2n) is 4.63. The molecule has 0 bridgehead atoms. The van der Waals surface area contributed by atoms with Crippen LogP contribution in [-0.4, -0.2) is 43.2 Å². The van der Waals surface area contributed by atoms with Crippen molar-refractivity contribution in [1.82, 2.24) is 4.90 Å². The molecule has 0 saturated heterocycles. The molecule has 0 N–H and O–H groups in total. The van der Waals surface area contributed by atoms with Crippen LogP contribution >= 0.6 is 23.1 Å². The molecule has 0 aromatic carbocycles. The highest BCUT2D eigenvalue weighted by Gasteiger charge is 2.10. The first-order chi connectivity index (χ1) is 8.67. The van der Waals surface area contributed by atoms with Crippen LogP contribution in [0, 0.1) is 6.92 Å². The summed E-state index contributed by atoms with van der Waals surface area (Å²) in [6.45, 7) is 8.56. The number of rotatable bonds is 9. The van der Waals surface area contributed by atoms with E-state index in [0.29, 0.717) is 0 Å². The molecular formula is C14H25NOS2. The molecule has 0 saturated carbocycles. The van der Waals surface area contributed by atoms with Gasteiger partial charge in [0.2, 0.25) is 0 Å². The van der Waals surface area contributed by atoms with Gasteiger partial charge in [0, 0.05) is 30.3 Å². The number of methoxy groups -OCH3 is 1. The SMILES string of the molecule is COCCN(CC[C@H](C)SC)Cc1sccc1C. The highest BCUT2D eigenvalue weighted by Crippen LogP contribution is 2.19. The lowest BCUT2D eigenvalue weighted by atomic mass is 10.2. The Morgan fingerprint density at radius 3 is 2.78 bits per heavy atom. The zero-order valence-electron chi connectivity index (χ0n) is 11.9. The van der Waals surface area contributed by atoms with Crippen molar-refractivity contribution >= 4 is 23.1 Å². The number of aryl methyl sites for hydroxylation is 1. The molecular weight excluding hydrogens is 262 g/mol. The maximum atomic E-state index is 5.21. The zero-order valence-corrected chi connectivity index (χ0v) is 13.6. The molecule has 104 valence electrons. The summed E-state index contributed by atoms with van der Waals surface area (Å²) in [5.74, 6) is 0. The van der Waals surface area contributed by atoms with Gasteiger partial charge in [0.15, 0.2) is 0 Å². The molecule has 0 aliphatic heterocycles. The topological polar surface area (TPSA) is 12.5 Å². The van der Waals surface area contributed by atoms with Crippen molar-refractivity contribution in [3.05, 3.63) is 21.9 Å². The van der Waals surface area contributed by atoms with Crippen molar-refractivity contribution in [2.24, 2.45) is 0 Å². The second kappa shape index (κ2) is 8.97. The molecule has 1 aromatic heterocycles. The Hall–Kier alpha value is -0.0300. The third-order valence-corrected chi connectivity index (χ3v) is 5.25. The van der Waals surface area contributed by atoms with Gasteiger partial charge >= 0.3 is 0 Å². The van der Waals surface area contributed by atoms with Crippen molar-refractivity contribution in [1.29, 1.82) is 0 Å². The summed E-state index contributed by atoms with van der Waals surface area (Å²) in [6, 6.07) is 2.21. The molecule has 1 aromatic rings. The third-order valence-electron chi connectivity index (χ3n) is 3.20. The molecule has 18 heavy (non-hydrogen) atoms. The minimum atomic E-state index is 0.736. The lowest BCUT2D eigenvalue weighted by molar-refractivity contribution is 0.144. The van der Waals surface area contributed by atoms with Gasteiger partial charge in [0.05, 0.1) is 6.61 Å². The van der Waals surface area contributed by atoms with E-state index in [2.05, 4.69) is 36.4 Å². The Kier molecular flexibility index (Phi) is 7.98. The molecule has 0 unspecified atom stereocenters. The van der Waals surface area contributed by atoms with E-state index in [9.17, 15) is 0 Å². The van der Waals surface area contributed by atoms with Crippen LogP contribution in [-0.2, 0) is 11.3 Å². The summed E-state index contributed by atoms with van der Waals surface area (Å²) in [5.41, 5.74) is 1.42. The zero-order chi connectivity index (χ0) is 13.4. The van der Waals surface area contributed by atoms with Gasteiger partial charge in [-0.2, -0.15) is 11.8 Å². The van der Waals surface area contributed by atoms with Crippen LogP contribution in [0.4, 0.5) is 0 Å². The number of nitrogens with zero attached hydrogens (tertiary/aromatic N) is 1. The maximum absolute atomic E-state index is 5.21. The van der Waals surface area contributed by atoms with Crippen LogP contribution in [0.15, 0.2) is 11.4 Å². The minimum absolute atomic E-state index is 0.736. The summed E-state index contributed by atoms with van der Waals surface area (Å²) in [4.78, 5) is 4.00. The van der Waals surface area contributed by atoms with Gasteiger partial charge < -0.3 is 4.74 Å². The predicted octanol–water partition coefficient (Wildman–Crippen LogP) is 3.65. The van der Waals surface area contributed by atoms with E-state index in [0.717, 1.165) is 31.5 Å². The average Bonchev–Trinajstić information content (AvgIpc) is 2.77. The van der Waals surface area contributed by atoms with E-state index < -0.39 is 0 Å². The molecule has 0 spiro atoms. The molecule has 0 radical (unpaired) electrons. The Morgan fingerprint density at radius 2 is 2.22 bits per heavy atom. The Morgan fingerprint density at radius 1 is 1.44 bits per heavy atom. The molecule has 0 aliphatic carbocycles. The fraction of sp³-hybridized carbons (Fsp3) is 0.714. The summed E-state index contributed by atoms with van der Waals surface area (Å²) in [7, 11) is 1.78. The maximum Gasteiger partial charge on any atom is 0.0589 e. The second-order valence-corrected chi connectivity index (χ2v) is 6.91.